The first-order chi connectivity index (χ1) is 7.16. The van der Waals surface area contributed by atoms with Crippen molar-refractivity contribution in [2.45, 2.75) is 12.8 Å². The first-order valence-corrected chi connectivity index (χ1v) is 5.38. The Hall–Kier alpha value is -1.22. The van der Waals surface area contributed by atoms with Crippen molar-refractivity contribution in [2.75, 3.05) is 12.3 Å². The van der Waals surface area contributed by atoms with Crippen LogP contribution in [-0.4, -0.2) is 12.5 Å². The van der Waals surface area contributed by atoms with Crippen LogP contribution in [0.5, 0.6) is 0 Å². The van der Waals surface area contributed by atoms with Gasteiger partial charge in [0.05, 0.1) is 10.7 Å². The molecule has 1 aliphatic rings. The first kappa shape index (κ1) is 10.3. The molecular formula is C11H13ClN2O. The molecule has 1 aliphatic carbocycles. The van der Waals surface area contributed by atoms with Crippen molar-refractivity contribution in [3.8, 4) is 0 Å². The second-order valence-electron chi connectivity index (χ2n) is 3.89. The van der Waals surface area contributed by atoms with Gasteiger partial charge in [-0.2, -0.15) is 0 Å². The minimum absolute atomic E-state index is 0.0798. The van der Waals surface area contributed by atoms with Crippen molar-refractivity contribution in [2.24, 2.45) is 5.92 Å². The number of carbonyl (C=O) groups is 1. The number of nitrogens with one attached hydrogen (secondary N) is 1. The van der Waals surface area contributed by atoms with Gasteiger partial charge in [0.2, 0.25) is 0 Å². The maximum absolute atomic E-state index is 11.6. The van der Waals surface area contributed by atoms with Crippen molar-refractivity contribution < 1.29 is 4.79 Å². The highest BCUT2D eigenvalue weighted by molar-refractivity contribution is 6.33. The van der Waals surface area contributed by atoms with Crippen LogP contribution in [0, 0.1) is 5.92 Å². The molecule has 1 fully saturated rings. The largest absolute Gasteiger partial charge is 0.398 e. The number of benzene rings is 1. The lowest BCUT2D eigenvalue weighted by atomic mass is 10.2. The number of hydrogen-bond donors (Lipinski definition) is 2. The molecule has 4 heteroatoms. The summed E-state index contributed by atoms with van der Waals surface area (Å²) in [5, 5.41) is 3.29. The number of nitrogen functional groups attached to an aromatic ring is 1. The average Bonchev–Trinajstić information content (AvgIpc) is 3.02. The summed E-state index contributed by atoms with van der Waals surface area (Å²) >= 11 is 5.83. The number of nitrogens with two attached hydrogens (primary N) is 1. The Morgan fingerprint density at radius 3 is 2.87 bits per heavy atom. The van der Waals surface area contributed by atoms with Crippen molar-refractivity contribution in [3.63, 3.8) is 0 Å². The Kier molecular flexibility index (Phi) is 2.82. The Labute approximate surface area is 93.6 Å². The average molecular weight is 225 g/mol. The molecule has 1 aromatic carbocycles. The fraction of sp³-hybridized carbons (Fsp3) is 0.364. The zero-order valence-electron chi connectivity index (χ0n) is 8.29. The quantitative estimate of drug-likeness (QED) is 0.773. The monoisotopic (exact) mass is 224 g/mol. The van der Waals surface area contributed by atoms with Crippen LogP contribution in [0.1, 0.15) is 23.2 Å². The van der Waals surface area contributed by atoms with Crippen molar-refractivity contribution in [1.29, 1.82) is 0 Å². The summed E-state index contributed by atoms with van der Waals surface area (Å²) in [7, 11) is 0. The highest BCUT2D eigenvalue weighted by Gasteiger charge is 2.21. The molecule has 0 radical (unpaired) electrons. The van der Waals surface area contributed by atoms with Gasteiger partial charge in [0.15, 0.2) is 0 Å². The third kappa shape index (κ3) is 2.63. The molecule has 0 spiro atoms. The Balaban J connectivity index is 2.00. The second kappa shape index (κ2) is 4.11. The van der Waals surface area contributed by atoms with Crippen molar-refractivity contribution >= 4 is 23.2 Å². The second-order valence-corrected chi connectivity index (χ2v) is 4.30. The molecule has 2 rings (SSSR count). The summed E-state index contributed by atoms with van der Waals surface area (Å²) in [6.07, 6.45) is 2.45. The molecule has 0 bridgehead atoms. The lowest BCUT2D eigenvalue weighted by molar-refractivity contribution is 0.0952. The number of rotatable bonds is 3. The fourth-order valence-corrected chi connectivity index (χ4v) is 1.51. The molecule has 1 amide bonds. The summed E-state index contributed by atoms with van der Waals surface area (Å²) in [5.41, 5.74) is 6.62. The smallest absolute Gasteiger partial charge is 0.251 e. The molecule has 0 heterocycles. The van der Waals surface area contributed by atoms with Gasteiger partial charge in [-0.05, 0) is 37.0 Å². The topological polar surface area (TPSA) is 55.1 Å². The molecule has 3 N–H and O–H groups in total. The van der Waals surface area contributed by atoms with E-state index in [4.69, 9.17) is 17.3 Å². The Morgan fingerprint density at radius 2 is 2.27 bits per heavy atom. The third-order valence-electron chi connectivity index (χ3n) is 2.51. The molecule has 15 heavy (non-hydrogen) atoms. The van der Waals surface area contributed by atoms with E-state index in [0.717, 1.165) is 6.54 Å². The molecule has 0 aliphatic heterocycles. The molecule has 0 aromatic heterocycles. The molecular weight excluding hydrogens is 212 g/mol. The SMILES string of the molecule is Nc1ccc(C(=O)NCC2CC2)cc1Cl. The van der Waals surface area contributed by atoms with Gasteiger partial charge in [0.1, 0.15) is 0 Å². The number of anilines is 1. The maximum atomic E-state index is 11.6. The van der Waals surface area contributed by atoms with Gasteiger partial charge in [-0.15, -0.1) is 0 Å². The number of amides is 1. The van der Waals surface area contributed by atoms with E-state index >= 15 is 0 Å². The molecule has 1 saturated carbocycles. The standard InChI is InChI=1S/C11H13ClN2O/c12-9-5-8(3-4-10(9)13)11(15)14-6-7-1-2-7/h3-5,7H,1-2,6,13H2,(H,14,15). The van der Waals surface area contributed by atoms with Crippen molar-refractivity contribution in [1.82, 2.24) is 5.32 Å². The highest BCUT2D eigenvalue weighted by atomic mass is 35.5. The van der Waals surface area contributed by atoms with Crippen molar-refractivity contribution in [3.05, 3.63) is 28.8 Å². The van der Waals surface area contributed by atoms with Gasteiger partial charge >= 0.3 is 0 Å². The van der Waals surface area contributed by atoms with E-state index in [9.17, 15) is 4.79 Å². The number of halogens is 1. The normalized spacial score (nSPS) is 15.0. The van der Waals surface area contributed by atoms with E-state index in [1.54, 1.807) is 18.2 Å². The van der Waals surface area contributed by atoms with Gasteiger partial charge in [0.25, 0.3) is 5.91 Å². The zero-order valence-corrected chi connectivity index (χ0v) is 9.05. The van der Waals surface area contributed by atoms with Crippen LogP contribution in [0.15, 0.2) is 18.2 Å². The van der Waals surface area contributed by atoms with Crippen LogP contribution in [-0.2, 0) is 0 Å². The van der Waals surface area contributed by atoms with E-state index in [2.05, 4.69) is 5.32 Å². The van der Waals surface area contributed by atoms with E-state index < -0.39 is 0 Å². The highest BCUT2D eigenvalue weighted by Crippen LogP contribution is 2.27. The summed E-state index contributed by atoms with van der Waals surface area (Å²) in [4.78, 5) is 11.6. The van der Waals surface area contributed by atoms with Crippen LogP contribution in [0.2, 0.25) is 5.02 Å². The molecule has 3 nitrogen and oxygen atoms in total. The van der Waals surface area contributed by atoms with Crippen LogP contribution in [0.3, 0.4) is 0 Å². The van der Waals surface area contributed by atoms with Crippen LogP contribution >= 0.6 is 11.6 Å². The van der Waals surface area contributed by atoms with E-state index in [0.29, 0.717) is 22.2 Å². The molecule has 80 valence electrons. The number of hydrogen-bond acceptors (Lipinski definition) is 2. The lowest BCUT2D eigenvalue weighted by Crippen LogP contribution is -2.25. The Morgan fingerprint density at radius 1 is 1.53 bits per heavy atom. The first-order valence-electron chi connectivity index (χ1n) is 5.00. The van der Waals surface area contributed by atoms with Crippen LogP contribution in [0.25, 0.3) is 0 Å². The van der Waals surface area contributed by atoms with E-state index in [1.807, 2.05) is 0 Å². The summed E-state index contributed by atoms with van der Waals surface area (Å²) in [6.45, 7) is 0.765. The van der Waals surface area contributed by atoms with E-state index in [-0.39, 0.29) is 5.91 Å². The van der Waals surface area contributed by atoms with Gasteiger partial charge in [-0.1, -0.05) is 11.6 Å². The molecule has 0 unspecified atom stereocenters. The number of carbonyl (C=O) groups excluding carboxylic acids is 1. The lowest BCUT2D eigenvalue weighted by Gasteiger charge is -2.05. The molecule has 1 aromatic rings. The summed E-state index contributed by atoms with van der Waals surface area (Å²) in [5.74, 6) is 0.599. The minimum atomic E-state index is -0.0798. The summed E-state index contributed by atoms with van der Waals surface area (Å²) in [6, 6.07) is 4.93. The van der Waals surface area contributed by atoms with Crippen LogP contribution < -0.4 is 11.1 Å². The van der Waals surface area contributed by atoms with E-state index in [1.165, 1.54) is 12.8 Å². The van der Waals surface area contributed by atoms with Gasteiger partial charge in [0, 0.05) is 12.1 Å². The molecule has 0 atom stereocenters. The predicted molar refractivity (Wildman–Crippen MR) is 60.9 cm³/mol. The predicted octanol–water partition coefficient (Wildman–Crippen LogP) is 2.06. The van der Waals surface area contributed by atoms with Gasteiger partial charge in [-0.25, -0.2) is 0 Å². The molecule has 0 saturated heterocycles. The van der Waals surface area contributed by atoms with Gasteiger partial charge in [-0.3, -0.25) is 4.79 Å². The minimum Gasteiger partial charge on any atom is -0.398 e. The third-order valence-corrected chi connectivity index (χ3v) is 2.84. The van der Waals surface area contributed by atoms with Crippen LogP contribution in [0.4, 0.5) is 5.69 Å². The Bertz CT molecular complexity index is 388. The summed E-state index contributed by atoms with van der Waals surface area (Å²) < 4.78 is 0. The zero-order chi connectivity index (χ0) is 10.8. The maximum Gasteiger partial charge on any atom is 0.251 e. The fourth-order valence-electron chi connectivity index (χ4n) is 1.33. The van der Waals surface area contributed by atoms with Gasteiger partial charge < -0.3 is 11.1 Å².